The molecule has 1 aromatic carbocycles. The number of rotatable bonds is 4. The summed E-state index contributed by atoms with van der Waals surface area (Å²) < 4.78 is 0. The van der Waals surface area contributed by atoms with E-state index in [9.17, 15) is 0 Å². The van der Waals surface area contributed by atoms with E-state index in [1.54, 1.807) is 0 Å². The zero-order chi connectivity index (χ0) is 12.3. The van der Waals surface area contributed by atoms with Gasteiger partial charge in [0, 0.05) is 6.54 Å². The van der Waals surface area contributed by atoms with Crippen molar-refractivity contribution in [2.45, 2.75) is 25.6 Å². The number of aryl methyl sites for hydroxylation is 1. The molecule has 4 heteroatoms. The molecule has 0 saturated carbocycles. The molecule has 1 heterocycles. The van der Waals surface area contributed by atoms with E-state index in [4.69, 9.17) is 11.6 Å². The number of hydrogen-bond donors (Lipinski definition) is 1. The van der Waals surface area contributed by atoms with Gasteiger partial charge in [-0.1, -0.05) is 19.1 Å². The second-order valence-electron chi connectivity index (χ2n) is 4.03. The molecular formula is C13H16ClN3. The number of nitrogens with zero attached hydrogens (tertiary/aromatic N) is 2. The number of para-hydroxylation sites is 2. The average Bonchev–Trinajstić information content (AvgIpc) is 2.35. The van der Waals surface area contributed by atoms with Crippen LogP contribution in [0.15, 0.2) is 24.3 Å². The molecule has 1 atom stereocenters. The third kappa shape index (κ3) is 2.86. The van der Waals surface area contributed by atoms with Gasteiger partial charge >= 0.3 is 0 Å². The lowest BCUT2D eigenvalue weighted by molar-refractivity contribution is 0.839. The van der Waals surface area contributed by atoms with Crippen molar-refractivity contribution in [3.8, 4) is 0 Å². The maximum Gasteiger partial charge on any atom is 0.148 e. The number of hydrogen-bond acceptors (Lipinski definition) is 3. The van der Waals surface area contributed by atoms with Crippen molar-refractivity contribution in [3.05, 3.63) is 30.0 Å². The number of fused-ring (bicyclic) bond motifs is 1. The fraction of sp³-hybridized carbons (Fsp3) is 0.385. The van der Waals surface area contributed by atoms with Crippen LogP contribution in [0.25, 0.3) is 11.0 Å². The van der Waals surface area contributed by atoms with Crippen LogP contribution in [0.4, 0.5) is 5.82 Å². The van der Waals surface area contributed by atoms with Crippen molar-refractivity contribution in [2.24, 2.45) is 0 Å². The molecule has 1 N–H and O–H groups in total. The highest BCUT2D eigenvalue weighted by molar-refractivity contribution is 6.20. The summed E-state index contributed by atoms with van der Waals surface area (Å²) in [4.78, 5) is 9.06. The molecule has 3 nitrogen and oxygen atoms in total. The van der Waals surface area contributed by atoms with Crippen molar-refractivity contribution < 1.29 is 0 Å². The van der Waals surface area contributed by atoms with Gasteiger partial charge in [-0.3, -0.25) is 0 Å². The Morgan fingerprint density at radius 1 is 1.24 bits per heavy atom. The van der Waals surface area contributed by atoms with Crippen LogP contribution in [0, 0.1) is 6.92 Å². The molecule has 0 aliphatic rings. The Labute approximate surface area is 106 Å². The lowest BCUT2D eigenvalue weighted by atomic mass is 10.3. The van der Waals surface area contributed by atoms with Crippen LogP contribution in [0.5, 0.6) is 0 Å². The predicted octanol–water partition coefficient (Wildman–Crippen LogP) is 3.37. The summed E-state index contributed by atoms with van der Waals surface area (Å²) in [6.07, 6.45) is 0.939. The highest BCUT2D eigenvalue weighted by Gasteiger charge is 2.06. The fourth-order valence-corrected chi connectivity index (χ4v) is 1.68. The van der Waals surface area contributed by atoms with Gasteiger partial charge in [-0.2, -0.15) is 0 Å². The minimum absolute atomic E-state index is 0.127. The molecule has 0 bridgehead atoms. The summed E-state index contributed by atoms with van der Waals surface area (Å²) in [7, 11) is 0. The van der Waals surface area contributed by atoms with Gasteiger partial charge < -0.3 is 5.32 Å². The number of nitrogens with one attached hydrogen (secondary N) is 1. The molecule has 0 aliphatic carbocycles. The van der Waals surface area contributed by atoms with Gasteiger partial charge in [0.05, 0.1) is 22.1 Å². The third-order valence-electron chi connectivity index (χ3n) is 2.68. The zero-order valence-electron chi connectivity index (χ0n) is 10.1. The van der Waals surface area contributed by atoms with Gasteiger partial charge in [0.2, 0.25) is 0 Å². The third-order valence-corrected chi connectivity index (χ3v) is 3.14. The van der Waals surface area contributed by atoms with Crippen LogP contribution >= 0.6 is 11.6 Å². The van der Waals surface area contributed by atoms with Gasteiger partial charge in [0.25, 0.3) is 0 Å². The SMILES string of the molecule is CCC(Cl)CNc1nc2ccccc2nc1C. The lowest BCUT2D eigenvalue weighted by Gasteiger charge is -2.11. The summed E-state index contributed by atoms with van der Waals surface area (Å²) in [5.41, 5.74) is 2.74. The van der Waals surface area contributed by atoms with Crippen LogP contribution in [0.3, 0.4) is 0 Å². The normalized spacial score (nSPS) is 12.6. The van der Waals surface area contributed by atoms with Gasteiger partial charge in [0.1, 0.15) is 5.82 Å². The van der Waals surface area contributed by atoms with Crippen LogP contribution in [-0.2, 0) is 0 Å². The Kier molecular flexibility index (Phi) is 3.79. The smallest absolute Gasteiger partial charge is 0.148 e. The molecule has 0 spiro atoms. The number of aromatic nitrogens is 2. The zero-order valence-corrected chi connectivity index (χ0v) is 10.8. The molecule has 17 heavy (non-hydrogen) atoms. The van der Waals surface area contributed by atoms with Gasteiger partial charge in [-0.25, -0.2) is 9.97 Å². The molecule has 1 aromatic heterocycles. The highest BCUT2D eigenvalue weighted by atomic mass is 35.5. The number of anilines is 1. The van der Waals surface area contributed by atoms with Crippen LogP contribution in [0.1, 0.15) is 19.0 Å². The quantitative estimate of drug-likeness (QED) is 0.845. The van der Waals surface area contributed by atoms with Crippen molar-refractivity contribution in [3.63, 3.8) is 0 Å². The van der Waals surface area contributed by atoms with E-state index < -0.39 is 0 Å². The largest absolute Gasteiger partial charge is 0.367 e. The summed E-state index contributed by atoms with van der Waals surface area (Å²) in [5.74, 6) is 0.822. The monoisotopic (exact) mass is 249 g/mol. The molecule has 1 unspecified atom stereocenters. The molecule has 90 valence electrons. The Morgan fingerprint density at radius 3 is 2.53 bits per heavy atom. The minimum atomic E-state index is 0.127. The van der Waals surface area contributed by atoms with Crippen molar-refractivity contribution >= 4 is 28.5 Å². The van der Waals surface area contributed by atoms with Gasteiger partial charge in [-0.05, 0) is 25.5 Å². The summed E-state index contributed by atoms with van der Waals surface area (Å²) >= 11 is 6.08. The van der Waals surface area contributed by atoms with E-state index >= 15 is 0 Å². The van der Waals surface area contributed by atoms with Crippen LogP contribution in [-0.4, -0.2) is 21.9 Å². The topological polar surface area (TPSA) is 37.8 Å². The Morgan fingerprint density at radius 2 is 1.88 bits per heavy atom. The summed E-state index contributed by atoms with van der Waals surface area (Å²) in [6.45, 7) is 4.74. The Bertz CT molecular complexity index is 513. The predicted molar refractivity (Wildman–Crippen MR) is 72.7 cm³/mol. The lowest BCUT2D eigenvalue weighted by Crippen LogP contribution is -2.15. The first-order chi connectivity index (χ1) is 8.20. The molecule has 0 fully saturated rings. The number of alkyl halides is 1. The van der Waals surface area contributed by atoms with Crippen molar-refractivity contribution in [1.82, 2.24) is 9.97 Å². The van der Waals surface area contributed by atoms with E-state index in [0.29, 0.717) is 6.54 Å². The maximum absolute atomic E-state index is 6.08. The summed E-state index contributed by atoms with van der Waals surface area (Å²) in [5, 5.41) is 3.38. The standard InChI is InChI=1S/C13H16ClN3/c1-3-10(14)8-15-13-9(2)16-11-6-4-5-7-12(11)17-13/h4-7,10H,3,8H2,1-2H3,(H,15,17). The maximum atomic E-state index is 6.08. The van der Waals surface area contributed by atoms with E-state index in [-0.39, 0.29) is 5.38 Å². The van der Waals surface area contributed by atoms with Crippen molar-refractivity contribution in [1.29, 1.82) is 0 Å². The molecule has 0 saturated heterocycles. The Balaban J connectivity index is 2.25. The van der Waals surface area contributed by atoms with E-state index in [1.807, 2.05) is 31.2 Å². The van der Waals surface area contributed by atoms with E-state index in [1.165, 1.54) is 0 Å². The van der Waals surface area contributed by atoms with Crippen molar-refractivity contribution in [2.75, 3.05) is 11.9 Å². The first kappa shape index (κ1) is 12.1. The molecular weight excluding hydrogens is 234 g/mol. The van der Waals surface area contributed by atoms with E-state index in [0.717, 1.165) is 29.0 Å². The molecule has 0 radical (unpaired) electrons. The molecule has 2 aromatic rings. The van der Waals surface area contributed by atoms with Gasteiger partial charge in [0.15, 0.2) is 0 Å². The first-order valence-corrected chi connectivity index (χ1v) is 6.25. The van der Waals surface area contributed by atoms with Gasteiger partial charge in [-0.15, -0.1) is 11.6 Å². The second kappa shape index (κ2) is 5.32. The highest BCUT2D eigenvalue weighted by Crippen LogP contribution is 2.16. The minimum Gasteiger partial charge on any atom is -0.367 e. The number of benzene rings is 1. The Hall–Kier alpha value is -1.35. The van der Waals surface area contributed by atoms with Crippen LogP contribution in [0.2, 0.25) is 0 Å². The molecule has 0 amide bonds. The second-order valence-corrected chi connectivity index (χ2v) is 4.65. The first-order valence-electron chi connectivity index (χ1n) is 5.82. The number of halogens is 1. The van der Waals surface area contributed by atoms with E-state index in [2.05, 4.69) is 22.2 Å². The average molecular weight is 250 g/mol. The fourth-order valence-electron chi connectivity index (χ4n) is 1.61. The van der Waals surface area contributed by atoms with Crippen LogP contribution < -0.4 is 5.32 Å². The summed E-state index contributed by atoms with van der Waals surface area (Å²) in [6, 6.07) is 7.86. The molecule has 0 aliphatic heterocycles. The molecule has 2 rings (SSSR count).